The van der Waals surface area contributed by atoms with Crippen LogP contribution in [0, 0.1) is 0 Å². The number of nitrogens with zero attached hydrogens (tertiary/aromatic N) is 2. The van der Waals surface area contributed by atoms with E-state index < -0.39 is 0 Å². The van der Waals surface area contributed by atoms with Gasteiger partial charge in [0.15, 0.2) is 0 Å². The highest BCUT2D eigenvalue weighted by Crippen LogP contribution is 2.23. The van der Waals surface area contributed by atoms with Crippen molar-refractivity contribution in [3.05, 3.63) is 59.7 Å². The number of hydrogen-bond donors (Lipinski definition) is 0. The van der Waals surface area contributed by atoms with Gasteiger partial charge in [0.25, 0.3) is 5.91 Å². The van der Waals surface area contributed by atoms with Crippen LogP contribution in [0.15, 0.2) is 48.5 Å². The molecule has 0 aliphatic carbocycles. The number of amides is 2. The first kappa shape index (κ1) is 18.0. The number of methoxy groups -OCH3 is 1. The number of piperidine rings is 1. The van der Waals surface area contributed by atoms with E-state index in [1.54, 1.807) is 36.1 Å². The van der Waals surface area contributed by atoms with Crippen LogP contribution in [0.1, 0.15) is 35.2 Å². The lowest BCUT2D eigenvalue weighted by Crippen LogP contribution is -2.35. The number of benzene rings is 2. The summed E-state index contributed by atoms with van der Waals surface area (Å²) >= 11 is 0. The molecule has 1 aliphatic heterocycles. The largest absolute Gasteiger partial charge is 0.496 e. The Morgan fingerprint density at radius 1 is 1.12 bits per heavy atom. The zero-order chi connectivity index (χ0) is 18.5. The minimum atomic E-state index is -0.0626. The predicted octanol–water partition coefficient (Wildman–Crippen LogP) is 3.48. The van der Waals surface area contributed by atoms with E-state index in [1.807, 2.05) is 36.4 Å². The molecule has 0 bridgehead atoms. The standard InChI is InChI=1S/C21H24N2O3/c1-22(15-17-7-3-4-8-19(17)26-2)21(25)16-10-12-18(13-11-16)23-14-6-5-9-20(23)24/h3-4,7-8,10-13H,5-6,9,14-15H2,1-2H3. The highest BCUT2D eigenvalue weighted by atomic mass is 16.5. The second-order valence-electron chi connectivity index (χ2n) is 6.52. The lowest BCUT2D eigenvalue weighted by Gasteiger charge is -2.27. The lowest BCUT2D eigenvalue weighted by atomic mass is 10.1. The van der Waals surface area contributed by atoms with Crippen LogP contribution in [0.5, 0.6) is 5.75 Å². The Bertz CT molecular complexity index is 786. The van der Waals surface area contributed by atoms with Gasteiger partial charge in [0.05, 0.1) is 7.11 Å². The van der Waals surface area contributed by atoms with Gasteiger partial charge in [-0.05, 0) is 43.2 Å². The maximum absolute atomic E-state index is 12.7. The van der Waals surface area contributed by atoms with Crippen LogP contribution >= 0.6 is 0 Å². The van der Waals surface area contributed by atoms with Gasteiger partial charge in [-0.3, -0.25) is 9.59 Å². The van der Waals surface area contributed by atoms with Crippen molar-refractivity contribution in [2.24, 2.45) is 0 Å². The zero-order valence-electron chi connectivity index (χ0n) is 15.3. The second-order valence-corrected chi connectivity index (χ2v) is 6.52. The first-order chi connectivity index (χ1) is 12.6. The van der Waals surface area contributed by atoms with Crippen LogP contribution < -0.4 is 9.64 Å². The van der Waals surface area contributed by atoms with Gasteiger partial charge in [0.1, 0.15) is 5.75 Å². The first-order valence-corrected chi connectivity index (χ1v) is 8.88. The van der Waals surface area contributed by atoms with Crippen molar-refractivity contribution in [3.8, 4) is 5.75 Å². The van der Waals surface area contributed by atoms with E-state index in [0.29, 0.717) is 18.5 Å². The summed E-state index contributed by atoms with van der Waals surface area (Å²) < 4.78 is 5.35. The zero-order valence-corrected chi connectivity index (χ0v) is 15.3. The molecule has 0 saturated carbocycles. The van der Waals surface area contributed by atoms with Gasteiger partial charge in [-0.25, -0.2) is 0 Å². The number of hydrogen-bond acceptors (Lipinski definition) is 3. The number of carbonyl (C=O) groups excluding carboxylic acids is 2. The average molecular weight is 352 g/mol. The third-order valence-corrected chi connectivity index (χ3v) is 4.70. The van der Waals surface area contributed by atoms with E-state index in [4.69, 9.17) is 4.74 Å². The quantitative estimate of drug-likeness (QED) is 0.828. The third kappa shape index (κ3) is 3.87. The summed E-state index contributed by atoms with van der Waals surface area (Å²) in [6.45, 7) is 1.22. The Kier molecular flexibility index (Phi) is 5.56. The molecular formula is C21H24N2O3. The highest BCUT2D eigenvalue weighted by molar-refractivity contribution is 5.96. The minimum Gasteiger partial charge on any atom is -0.496 e. The molecule has 136 valence electrons. The number of rotatable bonds is 5. The molecule has 5 heteroatoms. The van der Waals surface area contributed by atoms with Gasteiger partial charge in [-0.15, -0.1) is 0 Å². The maximum Gasteiger partial charge on any atom is 0.253 e. The lowest BCUT2D eigenvalue weighted by molar-refractivity contribution is -0.119. The van der Waals surface area contributed by atoms with E-state index in [1.165, 1.54) is 0 Å². The van der Waals surface area contributed by atoms with Crippen molar-refractivity contribution in [3.63, 3.8) is 0 Å². The normalized spacial score (nSPS) is 14.2. The van der Waals surface area contributed by atoms with Crippen LogP contribution in [0.4, 0.5) is 5.69 Å². The summed E-state index contributed by atoms with van der Waals surface area (Å²) in [5.74, 6) is 0.863. The van der Waals surface area contributed by atoms with Gasteiger partial charge in [-0.2, -0.15) is 0 Å². The Morgan fingerprint density at radius 3 is 2.54 bits per heavy atom. The molecular weight excluding hydrogens is 328 g/mol. The maximum atomic E-state index is 12.7. The summed E-state index contributed by atoms with van der Waals surface area (Å²) in [6.07, 6.45) is 2.58. The molecule has 0 N–H and O–H groups in total. The summed E-state index contributed by atoms with van der Waals surface area (Å²) in [5.41, 5.74) is 2.43. The van der Waals surface area contributed by atoms with Crippen LogP contribution in [0.25, 0.3) is 0 Å². The summed E-state index contributed by atoms with van der Waals surface area (Å²) in [5, 5.41) is 0. The average Bonchev–Trinajstić information content (AvgIpc) is 2.68. The van der Waals surface area contributed by atoms with Crippen molar-refractivity contribution in [2.75, 3.05) is 25.6 Å². The Balaban J connectivity index is 1.70. The van der Waals surface area contributed by atoms with Gasteiger partial charge < -0.3 is 14.5 Å². The molecule has 2 amide bonds. The smallest absolute Gasteiger partial charge is 0.253 e. The number of ether oxygens (including phenoxy) is 1. The molecule has 1 fully saturated rings. The summed E-state index contributed by atoms with van der Waals surface area (Å²) in [4.78, 5) is 28.2. The SMILES string of the molecule is COc1ccccc1CN(C)C(=O)c1ccc(N2CCCCC2=O)cc1. The fourth-order valence-electron chi connectivity index (χ4n) is 3.24. The van der Waals surface area contributed by atoms with E-state index in [2.05, 4.69) is 0 Å². The number of para-hydroxylation sites is 1. The van der Waals surface area contributed by atoms with E-state index >= 15 is 0 Å². The minimum absolute atomic E-state index is 0.0626. The van der Waals surface area contributed by atoms with Crippen molar-refractivity contribution < 1.29 is 14.3 Å². The monoisotopic (exact) mass is 352 g/mol. The molecule has 0 atom stereocenters. The molecule has 2 aromatic rings. The van der Waals surface area contributed by atoms with Crippen LogP contribution in [-0.4, -0.2) is 37.4 Å². The molecule has 5 nitrogen and oxygen atoms in total. The molecule has 1 saturated heterocycles. The number of carbonyl (C=O) groups is 2. The molecule has 0 unspecified atom stereocenters. The van der Waals surface area contributed by atoms with E-state index in [0.717, 1.165) is 36.4 Å². The molecule has 1 heterocycles. The van der Waals surface area contributed by atoms with Gasteiger partial charge in [-0.1, -0.05) is 18.2 Å². The fourth-order valence-corrected chi connectivity index (χ4v) is 3.24. The van der Waals surface area contributed by atoms with E-state index in [-0.39, 0.29) is 11.8 Å². The topological polar surface area (TPSA) is 49.9 Å². The second kappa shape index (κ2) is 8.04. The van der Waals surface area contributed by atoms with Crippen molar-refractivity contribution in [1.29, 1.82) is 0 Å². The number of anilines is 1. The Hall–Kier alpha value is -2.82. The molecule has 2 aromatic carbocycles. The fraction of sp³-hybridized carbons (Fsp3) is 0.333. The molecule has 0 aromatic heterocycles. The highest BCUT2D eigenvalue weighted by Gasteiger charge is 2.20. The van der Waals surface area contributed by atoms with Crippen LogP contribution in [0.3, 0.4) is 0 Å². The van der Waals surface area contributed by atoms with Gasteiger partial charge in [0, 0.05) is 43.4 Å². The Labute approximate surface area is 154 Å². The molecule has 0 radical (unpaired) electrons. The van der Waals surface area contributed by atoms with Crippen LogP contribution in [-0.2, 0) is 11.3 Å². The van der Waals surface area contributed by atoms with Crippen molar-refractivity contribution >= 4 is 17.5 Å². The van der Waals surface area contributed by atoms with Gasteiger partial charge >= 0.3 is 0 Å². The molecule has 3 rings (SSSR count). The Morgan fingerprint density at radius 2 is 1.85 bits per heavy atom. The summed E-state index contributed by atoms with van der Waals surface area (Å²) in [6, 6.07) is 15.0. The molecule has 1 aliphatic rings. The first-order valence-electron chi connectivity index (χ1n) is 8.88. The molecule has 26 heavy (non-hydrogen) atoms. The molecule has 0 spiro atoms. The van der Waals surface area contributed by atoms with Crippen LogP contribution in [0.2, 0.25) is 0 Å². The van der Waals surface area contributed by atoms with E-state index in [9.17, 15) is 9.59 Å². The third-order valence-electron chi connectivity index (χ3n) is 4.70. The predicted molar refractivity (Wildman–Crippen MR) is 101 cm³/mol. The van der Waals surface area contributed by atoms with Gasteiger partial charge in [0.2, 0.25) is 5.91 Å². The summed E-state index contributed by atoms with van der Waals surface area (Å²) in [7, 11) is 3.40. The van der Waals surface area contributed by atoms with Crippen molar-refractivity contribution in [1.82, 2.24) is 4.90 Å². The van der Waals surface area contributed by atoms with Crippen molar-refractivity contribution in [2.45, 2.75) is 25.8 Å².